The molecule has 4 rings (SSSR count). The quantitative estimate of drug-likeness (QED) is 0.804. The van der Waals surface area contributed by atoms with Gasteiger partial charge in [-0.05, 0) is 43.6 Å². The van der Waals surface area contributed by atoms with Crippen LogP contribution < -0.4 is 9.47 Å². The summed E-state index contributed by atoms with van der Waals surface area (Å²) in [6, 6.07) is 3.98. The maximum absolute atomic E-state index is 12.6. The molecule has 6 nitrogen and oxygen atoms in total. The second-order valence-corrected chi connectivity index (χ2v) is 7.50. The molecule has 0 unspecified atom stereocenters. The summed E-state index contributed by atoms with van der Waals surface area (Å²) < 4.78 is 16.6. The lowest BCUT2D eigenvalue weighted by Gasteiger charge is -2.35. The first-order valence-corrected chi connectivity index (χ1v) is 9.75. The Morgan fingerprint density at radius 3 is 2.54 bits per heavy atom. The van der Waals surface area contributed by atoms with E-state index in [0.717, 1.165) is 56.9 Å². The Morgan fingerprint density at radius 2 is 1.77 bits per heavy atom. The number of ether oxygens (including phenoxy) is 3. The zero-order chi connectivity index (χ0) is 17.9. The summed E-state index contributed by atoms with van der Waals surface area (Å²) in [5.41, 5.74) is 1.12. The van der Waals surface area contributed by atoms with Crippen LogP contribution in [0.3, 0.4) is 0 Å². The van der Waals surface area contributed by atoms with Crippen molar-refractivity contribution in [3.8, 4) is 11.5 Å². The van der Waals surface area contributed by atoms with Crippen molar-refractivity contribution in [3.63, 3.8) is 0 Å². The number of likely N-dealkylation sites (tertiary alicyclic amines) is 1. The lowest BCUT2D eigenvalue weighted by molar-refractivity contribution is -0.141. The van der Waals surface area contributed by atoms with Crippen molar-refractivity contribution in [2.75, 3.05) is 52.6 Å². The van der Waals surface area contributed by atoms with Gasteiger partial charge in [0.25, 0.3) is 0 Å². The van der Waals surface area contributed by atoms with Crippen molar-refractivity contribution in [3.05, 3.63) is 22.7 Å². The molecule has 1 aromatic rings. The third-order valence-corrected chi connectivity index (χ3v) is 5.60. The van der Waals surface area contributed by atoms with Gasteiger partial charge >= 0.3 is 0 Å². The molecular weight excluding hydrogens is 356 g/mol. The van der Waals surface area contributed by atoms with Crippen LogP contribution in [0.1, 0.15) is 18.4 Å². The molecule has 1 aromatic carbocycles. The molecule has 0 aliphatic carbocycles. The molecule has 2 fully saturated rings. The van der Waals surface area contributed by atoms with E-state index in [-0.39, 0.29) is 5.92 Å². The number of hydrogen-bond donors (Lipinski definition) is 0. The zero-order valence-electron chi connectivity index (χ0n) is 14.9. The minimum absolute atomic E-state index is 0.146. The number of halogens is 1. The van der Waals surface area contributed by atoms with Crippen LogP contribution in [0.15, 0.2) is 12.1 Å². The molecule has 26 heavy (non-hydrogen) atoms. The van der Waals surface area contributed by atoms with Gasteiger partial charge in [0.05, 0.1) is 18.2 Å². The first-order chi connectivity index (χ1) is 12.7. The van der Waals surface area contributed by atoms with Gasteiger partial charge in [0.15, 0.2) is 11.5 Å². The number of piperidine rings is 1. The van der Waals surface area contributed by atoms with Gasteiger partial charge in [0.2, 0.25) is 5.91 Å². The van der Waals surface area contributed by atoms with Crippen molar-refractivity contribution in [1.82, 2.24) is 9.80 Å². The molecule has 1 amide bonds. The van der Waals surface area contributed by atoms with Crippen molar-refractivity contribution in [2.24, 2.45) is 5.92 Å². The maximum Gasteiger partial charge on any atom is 0.225 e. The highest BCUT2D eigenvalue weighted by atomic mass is 35.5. The van der Waals surface area contributed by atoms with Gasteiger partial charge in [-0.15, -0.1) is 0 Å². The second-order valence-electron chi connectivity index (χ2n) is 7.09. The summed E-state index contributed by atoms with van der Waals surface area (Å²) in [5.74, 6) is 1.83. The van der Waals surface area contributed by atoms with Crippen LogP contribution in [0.4, 0.5) is 0 Å². The minimum atomic E-state index is 0.146. The topological polar surface area (TPSA) is 51.2 Å². The highest BCUT2D eigenvalue weighted by molar-refractivity contribution is 6.32. The number of nitrogens with zero attached hydrogens (tertiary/aromatic N) is 2. The Labute approximate surface area is 158 Å². The Morgan fingerprint density at radius 1 is 1.04 bits per heavy atom. The Bertz CT molecular complexity index is 655. The van der Waals surface area contributed by atoms with Gasteiger partial charge in [-0.3, -0.25) is 9.69 Å². The van der Waals surface area contributed by atoms with Crippen molar-refractivity contribution in [1.29, 1.82) is 0 Å². The summed E-state index contributed by atoms with van der Waals surface area (Å²) in [6.45, 7) is 6.54. The molecule has 0 spiro atoms. The average Bonchev–Trinajstić information content (AvgIpc) is 2.69. The molecule has 0 N–H and O–H groups in total. The number of rotatable bonds is 3. The fourth-order valence-corrected chi connectivity index (χ4v) is 4.18. The predicted molar refractivity (Wildman–Crippen MR) is 97.8 cm³/mol. The lowest BCUT2D eigenvalue weighted by atomic mass is 9.94. The number of fused-ring (bicyclic) bond motifs is 1. The average molecular weight is 381 g/mol. The normalized spacial score (nSPS) is 21.7. The van der Waals surface area contributed by atoms with Crippen LogP contribution in [0.25, 0.3) is 0 Å². The largest absolute Gasteiger partial charge is 0.486 e. The van der Waals surface area contributed by atoms with E-state index in [9.17, 15) is 4.79 Å². The lowest BCUT2D eigenvalue weighted by Crippen LogP contribution is -2.46. The molecule has 7 heteroatoms. The molecule has 3 aliphatic rings. The number of hydrogen-bond acceptors (Lipinski definition) is 5. The SMILES string of the molecule is O=C(C1CCN(Cc2cc(Cl)c3c(c2)OCCO3)CC1)N1CCOCC1. The fraction of sp³-hybridized carbons (Fsp3) is 0.632. The van der Waals surface area contributed by atoms with Crippen LogP contribution in [-0.4, -0.2) is 68.3 Å². The van der Waals surface area contributed by atoms with E-state index in [0.29, 0.717) is 43.1 Å². The first-order valence-electron chi connectivity index (χ1n) is 9.37. The minimum Gasteiger partial charge on any atom is -0.486 e. The third-order valence-electron chi connectivity index (χ3n) is 5.32. The number of amides is 1. The van der Waals surface area contributed by atoms with E-state index >= 15 is 0 Å². The molecule has 0 bridgehead atoms. The van der Waals surface area contributed by atoms with Crippen LogP contribution in [0.5, 0.6) is 11.5 Å². The fourth-order valence-electron chi connectivity index (χ4n) is 3.89. The van der Waals surface area contributed by atoms with E-state index in [4.69, 9.17) is 25.8 Å². The number of morpholine rings is 1. The number of carbonyl (C=O) groups is 1. The molecule has 2 saturated heterocycles. The van der Waals surface area contributed by atoms with E-state index < -0.39 is 0 Å². The number of carbonyl (C=O) groups excluding carboxylic acids is 1. The van der Waals surface area contributed by atoms with Crippen LogP contribution in [0, 0.1) is 5.92 Å². The van der Waals surface area contributed by atoms with Gasteiger partial charge in [0, 0.05) is 25.6 Å². The van der Waals surface area contributed by atoms with Gasteiger partial charge in [-0.2, -0.15) is 0 Å². The van der Waals surface area contributed by atoms with Gasteiger partial charge in [0.1, 0.15) is 13.2 Å². The standard InChI is InChI=1S/C19H25ClN2O4/c20-16-11-14(12-17-18(16)26-10-9-25-17)13-21-3-1-15(2-4-21)19(23)22-5-7-24-8-6-22/h11-12,15H,1-10,13H2. The second kappa shape index (κ2) is 8.03. The highest BCUT2D eigenvalue weighted by Crippen LogP contribution is 2.38. The third kappa shape index (κ3) is 3.92. The summed E-state index contributed by atoms with van der Waals surface area (Å²) >= 11 is 6.33. The monoisotopic (exact) mass is 380 g/mol. The maximum atomic E-state index is 12.6. The molecule has 0 atom stereocenters. The number of benzene rings is 1. The molecule has 0 radical (unpaired) electrons. The molecule has 142 valence electrons. The first kappa shape index (κ1) is 17.9. The predicted octanol–water partition coefficient (Wildman–Crippen LogP) is 2.18. The molecule has 3 heterocycles. The Balaban J connectivity index is 1.32. The smallest absolute Gasteiger partial charge is 0.225 e. The van der Waals surface area contributed by atoms with E-state index in [2.05, 4.69) is 4.90 Å². The summed E-state index contributed by atoms with van der Waals surface area (Å²) in [4.78, 5) is 17.0. The van der Waals surface area contributed by atoms with E-state index in [1.54, 1.807) is 0 Å². The molecule has 0 saturated carbocycles. The summed E-state index contributed by atoms with van der Waals surface area (Å²) in [7, 11) is 0. The van der Waals surface area contributed by atoms with Crippen LogP contribution in [0.2, 0.25) is 5.02 Å². The van der Waals surface area contributed by atoms with Crippen molar-refractivity contribution < 1.29 is 19.0 Å². The zero-order valence-corrected chi connectivity index (χ0v) is 15.7. The Kier molecular flexibility index (Phi) is 5.52. The van der Waals surface area contributed by atoms with Gasteiger partial charge < -0.3 is 19.1 Å². The molecule has 3 aliphatic heterocycles. The summed E-state index contributed by atoms with van der Waals surface area (Å²) in [5, 5.41) is 0.606. The van der Waals surface area contributed by atoms with Gasteiger partial charge in [-0.1, -0.05) is 11.6 Å². The van der Waals surface area contributed by atoms with Crippen LogP contribution >= 0.6 is 11.6 Å². The molecular formula is C19H25ClN2O4. The molecule has 0 aromatic heterocycles. The van der Waals surface area contributed by atoms with Gasteiger partial charge in [-0.25, -0.2) is 0 Å². The van der Waals surface area contributed by atoms with Crippen molar-refractivity contribution in [2.45, 2.75) is 19.4 Å². The van der Waals surface area contributed by atoms with Crippen LogP contribution in [-0.2, 0) is 16.1 Å². The van der Waals surface area contributed by atoms with E-state index in [1.807, 2.05) is 17.0 Å². The Hall–Kier alpha value is -1.50. The van der Waals surface area contributed by atoms with E-state index in [1.165, 1.54) is 0 Å². The van der Waals surface area contributed by atoms with Crippen molar-refractivity contribution >= 4 is 17.5 Å². The summed E-state index contributed by atoms with van der Waals surface area (Å²) in [6.07, 6.45) is 1.82. The highest BCUT2D eigenvalue weighted by Gasteiger charge is 2.29.